The van der Waals surface area contributed by atoms with Crippen molar-refractivity contribution in [2.24, 2.45) is 0 Å². The number of hydrogen-bond acceptors (Lipinski definition) is 3. The monoisotopic (exact) mass is 228 g/mol. The van der Waals surface area contributed by atoms with E-state index in [2.05, 4.69) is 4.98 Å². The number of anilines is 1. The summed E-state index contributed by atoms with van der Waals surface area (Å²) in [6.07, 6.45) is 4.48. The zero-order valence-electron chi connectivity index (χ0n) is 9.43. The van der Waals surface area contributed by atoms with Crippen LogP contribution in [-0.4, -0.2) is 26.7 Å². The molecule has 0 aromatic carbocycles. The molecule has 0 saturated heterocycles. The zero-order chi connectivity index (χ0) is 11.6. The molecule has 0 N–H and O–H groups in total. The molecule has 0 atom stereocenters. The molecule has 5 heteroatoms. The second kappa shape index (κ2) is 4.18. The van der Waals surface area contributed by atoms with Crippen molar-refractivity contribution in [3.05, 3.63) is 24.0 Å². The van der Waals surface area contributed by atoms with E-state index in [4.69, 9.17) is 0 Å². The van der Waals surface area contributed by atoms with Gasteiger partial charge in [-0.1, -0.05) is 13.8 Å². The molecule has 0 spiro atoms. The summed E-state index contributed by atoms with van der Waals surface area (Å²) in [6, 6.07) is 1.85. The number of nitrogens with zero attached hydrogens (tertiary/aromatic N) is 2. The second-order valence-electron chi connectivity index (χ2n) is 3.86. The minimum absolute atomic E-state index is 0.338. The van der Waals surface area contributed by atoms with Crippen LogP contribution in [0.4, 0.5) is 5.69 Å². The first-order valence-electron chi connectivity index (χ1n) is 4.71. The molecule has 0 bridgehead atoms. The predicted octanol–water partition coefficient (Wildman–Crippen LogP) is 1.60. The zero-order valence-corrected chi connectivity index (χ0v) is 10.2. The van der Waals surface area contributed by atoms with Crippen molar-refractivity contribution < 1.29 is 8.42 Å². The third kappa shape index (κ3) is 2.92. The summed E-state index contributed by atoms with van der Waals surface area (Å²) >= 11 is 0. The van der Waals surface area contributed by atoms with Crippen LogP contribution in [0.5, 0.6) is 0 Å². The molecule has 15 heavy (non-hydrogen) atoms. The summed E-state index contributed by atoms with van der Waals surface area (Å²) < 4.78 is 23.9. The Balaban J connectivity index is 3.11. The molecule has 0 aliphatic heterocycles. The molecule has 84 valence electrons. The molecule has 0 amide bonds. The second-order valence-corrected chi connectivity index (χ2v) is 5.88. The van der Waals surface area contributed by atoms with Crippen LogP contribution in [0, 0.1) is 0 Å². The molecule has 1 aromatic heterocycles. The van der Waals surface area contributed by atoms with Crippen molar-refractivity contribution in [2.75, 3.05) is 17.6 Å². The van der Waals surface area contributed by atoms with Crippen molar-refractivity contribution in [2.45, 2.75) is 19.8 Å². The Bertz CT molecular complexity index is 440. The lowest BCUT2D eigenvalue weighted by molar-refractivity contribution is 0.600. The highest BCUT2D eigenvalue weighted by molar-refractivity contribution is 7.92. The Morgan fingerprint density at radius 1 is 1.33 bits per heavy atom. The minimum atomic E-state index is -3.21. The first kappa shape index (κ1) is 12.0. The van der Waals surface area contributed by atoms with Crippen LogP contribution in [-0.2, 0) is 10.0 Å². The lowest BCUT2D eigenvalue weighted by Gasteiger charge is -2.17. The highest BCUT2D eigenvalue weighted by Crippen LogP contribution is 2.20. The third-order valence-electron chi connectivity index (χ3n) is 2.27. The molecule has 0 fully saturated rings. The van der Waals surface area contributed by atoms with Crippen molar-refractivity contribution in [1.82, 2.24) is 4.98 Å². The van der Waals surface area contributed by atoms with E-state index >= 15 is 0 Å². The van der Waals surface area contributed by atoms with Crippen LogP contribution in [0.1, 0.15) is 25.3 Å². The molecule has 1 heterocycles. The Morgan fingerprint density at radius 3 is 2.40 bits per heavy atom. The van der Waals surface area contributed by atoms with Gasteiger partial charge in [0.1, 0.15) is 0 Å². The largest absolute Gasteiger partial charge is 0.272 e. The first-order valence-corrected chi connectivity index (χ1v) is 6.56. The summed E-state index contributed by atoms with van der Waals surface area (Å²) in [5, 5.41) is 0. The van der Waals surface area contributed by atoms with Gasteiger partial charge in [-0.2, -0.15) is 0 Å². The maximum absolute atomic E-state index is 11.3. The van der Waals surface area contributed by atoms with Gasteiger partial charge in [-0.3, -0.25) is 9.29 Å². The topological polar surface area (TPSA) is 50.3 Å². The quantitative estimate of drug-likeness (QED) is 0.789. The fourth-order valence-electron chi connectivity index (χ4n) is 1.12. The van der Waals surface area contributed by atoms with Gasteiger partial charge in [0.15, 0.2) is 0 Å². The van der Waals surface area contributed by atoms with Gasteiger partial charge < -0.3 is 0 Å². The number of hydrogen-bond donors (Lipinski definition) is 0. The molecule has 4 nitrogen and oxygen atoms in total. The SMILES string of the molecule is CC(C)c1cncc(N(C)S(C)(=O)=O)c1. The van der Waals surface area contributed by atoms with E-state index in [-0.39, 0.29) is 0 Å². The molecule has 0 aliphatic rings. The smallest absolute Gasteiger partial charge is 0.232 e. The van der Waals surface area contributed by atoms with Gasteiger partial charge in [0.25, 0.3) is 0 Å². The van der Waals surface area contributed by atoms with Crippen molar-refractivity contribution >= 4 is 15.7 Å². The fourth-order valence-corrected chi connectivity index (χ4v) is 1.61. The third-order valence-corrected chi connectivity index (χ3v) is 3.48. The minimum Gasteiger partial charge on any atom is -0.272 e. The first-order chi connectivity index (χ1) is 6.82. The van der Waals surface area contributed by atoms with Crippen LogP contribution in [0.2, 0.25) is 0 Å². The lowest BCUT2D eigenvalue weighted by atomic mass is 10.1. The Morgan fingerprint density at radius 2 is 1.93 bits per heavy atom. The van der Waals surface area contributed by atoms with E-state index in [0.717, 1.165) is 5.56 Å². The predicted molar refractivity (Wildman–Crippen MR) is 61.6 cm³/mol. The average Bonchev–Trinajstić information content (AvgIpc) is 2.15. The molecule has 0 aliphatic carbocycles. The van der Waals surface area contributed by atoms with Crippen molar-refractivity contribution in [3.63, 3.8) is 0 Å². The summed E-state index contributed by atoms with van der Waals surface area (Å²) in [5.74, 6) is 0.338. The van der Waals surface area contributed by atoms with Crippen molar-refractivity contribution in [1.29, 1.82) is 0 Å². The van der Waals surface area contributed by atoms with Crippen LogP contribution < -0.4 is 4.31 Å². The molecular weight excluding hydrogens is 212 g/mol. The summed E-state index contributed by atoms with van der Waals surface area (Å²) in [5.41, 5.74) is 1.63. The standard InChI is InChI=1S/C10H16N2O2S/c1-8(2)9-5-10(7-11-6-9)12(3)15(4,13)14/h5-8H,1-4H3. The highest BCUT2D eigenvalue weighted by Gasteiger charge is 2.13. The molecule has 1 aromatic rings. The fraction of sp³-hybridized carbons (Fsp3) is 0.500. The maximum Gasteiger partial charge on any atom is 0.232 e. The van der Waals surface area contributed by atoms with E-state index in [9.17, 15) is 8.42 Å². The number of sulfonamides is 1. The van der Waals surface area contributed by atoms with E-state index in [1.165, 1.54) is 17.6 Å². The number of aromatic nitrogens is 1. The van der Waals surface area contributed by atoms with E-state index in [1.54, 1.807) is 12.4 Å². The molecule has 1 rings (SSSR count). The molecule has 0 saturated carbocycles. The highest BCUT2D eigenvalue weighted by atomic mass is 32.2. The van der Waals surface area contributed by atoms with Gasteiger partial charge in [0.2, 0.25) is 10.0 Å². The van der Waals surface area contributed by atoms with Crippen LogP contribution in [0.25, 0.3) is 0 Å². The number of pyridine rings is 1. The Labute approximate surface area is 91.0 Å². The summed E-state index contributed by atoms with van der Waals surface area (Å²) in [6.45, 7) is 4.09. The average molecular weight is 228 g/mol. The Hall–Kier alpha value is -1.10. The van der Waals surface area contributed by atoms with Gasteiger partial charge in [-0.15, -0.1) is 0 Å². The van der Waals surface area contributed by atoms with E-state index in [1.807, 2.05) is 19.9 Å². The van der Waals surface area contributed by atoms with E-state index in [0.29, 0.717) is 11.6 Å². The number of rotatable bonds is 3. The molecule has 0 unspecified atom stereocenters. The van der Waals surface area contributed by atoms with E-state index < -0.39 is 10.0 Å². The van der Waals surface area contributed by atoms with Crippen LogP contribution >= 0.6 is 0 Å². The summed E-state index contributed by atoms with van der Waals surface area (Å²) in [4.78, 5) is 4.03. The normalized spacial score (nSPS) is 11.8. The maximum atomic E-state index is 11.3. The summed E-state index contributed by atoms with van der Waals surface area (Å²) in [7, 11) is -1.68. The molecule has 0 radical (unpaired) electrons. The van der Waals surface area contributed by atoms with Gasteiger partial charge in [-0.25, -0.2) is 8.42 Å². The Kier molecular flexibility index (Phi) is 3.34. The van der Waals surface area contributed by atoms with Crippen molar-refractivity contribution in [3.8, 4) is 0 Å². The van der Waals surface area contributed by atoms with Gasteiger partial charge in [0.05, 0.1) is 18.1 Å². The lowest BCUT2D eigenvalue weighted by Crippen LogP contribution is -2.25. The van der Waals surface area contributed by atoms with Crippen LogP contribution in [0.3, 0.4) is 0 Å². The van der Waals surface area contributed by atoms with Gasteiger partial charge in [0, 0.05) is 13.2 Å². The van der Waals surface area contributed by atoms with Crippen LogP contribution in [0.15, 0.2) is 18.5 Å². The molecular formula is C10H16N2O2S. The van der Waals surface area contributed by atoms with Gasteiger partial charge in [-0.05, 0) is 17.5 Å². The van der Waals surface area contributed by atoms with Gasteiger partial charge >= 0.3 is 0 Å².